The monoisotopic (exact) mass is 359 g/mol. The smallest absolute Gasteiger partial charge is 0.310 e. The van der Waals surface area contributed by atoms with E-state index in [9.17, 15) is 14.7 Å². The summed E-state index contributed by atoms with van der Waals surface area (Å²) in [5.41, 5.74) is 1.54. The number of nitrogens with one attached hydrogen (secondary N) is 1. The van der Waals surface area contributed by atoms with Gasteiger partial charge in [0.25, 0.3) is 5.91 Å². The van der Waals surface area contributed by atoms with Crippen molar-refractivity contribution in [3.05, 3.63) is 59.3 Å². The van der Waals surface area contributed by atoms with Crippen LogP contribution in [0.1, 0.15) is 5.56 Å². The minimum Gasteiger partial charge on any atom is -0.508 e. The molecule has 128 valence electrons. The van der Waals surface area contributed by atoms with Gasteiger partial charge >= 0.3 is 5.97 Å². The maximum absolute atomic E-state index is 11.9. The highest BCUT2D eigenvalue weighted by molar-refractivity contribution is 6.33. The second kappa shape index (κ2) is 7.27. The molecule has 6 nitrogen and oxygen atoms in total. The average molecular weight is 360 g/mol. The second-order valence-electron chi connectivity index (χ2n) is 5.31. The lowest BCUT2D eigenvalue weighted by atomic mass is 10.1. The third kappa shape index (κ3) is 4.10. The molecule has 1 amide bonds. The molecule has 1 aromatic heterocycles. The Morgan fingerprint density at radius 1 is 1.20 bits per heavy atom. The van der Waals surface area contributed by atoms with Gasteiger partial charge in [0.15, 0.2) is 6.61 Å². The normalized spacial score (nSPS) is 10.6. The lowest BCUT2D eigenvalue weighted by Gasteiger charge is -2.07. The lowest BCUT2D eigenvalue weighted by molar-refractivity contribution is -0.146. The molecule has 0 aliphatic carbocycles. The number of halogens is 1. The Labute approximate surface area is 148 Å². The number of ether oxygens (including phenoxy) is 1. The summed E-state index contributed by atoms with van der Waals surface area (Å²) >= 11 is 5.94. The highest BCUT2D eigenvalue weighted by Crippen LogP contribution is 2.25. The van der Waals surface area contributed by atoms with E-state index in [4.69, 9.17) is 20.8 Å². The number of phenols is 1. The van der Waals surface area contributed by atoms with E-state index in [1.165, 1.54) is 18.4 Å². The minimum atomic E-state index is -0.565. The summed E-state index contributed by atoms with van der Waals surface area (Å²) in [5, 5.41) is 13.1. The molecule has 3 rings (SSSR count). The van der Waals surface area contributed by atoms with Gasteiger partial charge in [0.05, 0.1) is 23.4 Å². The molecule has 2 N–H and O–H groups in total. The topological polar surface area (TPSA) is 88.8 Å². The Hall–Kier alpha value is -2.99. The second-order valence-corrected chi connectivity index (χ2v) is 5.71. The number of esters is 1. The van der Waals surface area contributed by atoms with E-state index < -0.39 is 18.5 Å². The van der Waals surface area contributed by atoms with E-state index >= 15 is 0 Å². The number of aromatic hydroxyl groups is 1. The molecular formula is C18H14ClNO5. The van der Waals surface area contributed by atoms with Crippen molar-refractivity contribution < 1.29 is 23.8 Å². The number of hydrogen-bond donors (Lipinski definition) is 2. The van der Waals surface area contributed by atoms with Crippen LogP contribution in [0.5, 0.6) is 5.75 Å². The van der Waals surface area contributed by atoms with Crippen LogP contribution in [0.2, 0.25) is 5.02 Å². The molecular weight excluding hydrogens is 346 g/mol. The number of hydrogen-bond acceptors (Lipinski definition) is 5. The fraction of sp³-hybridized carbons (Fsp3) is 0.111. The van der Waals surface area contributed by atoms with Crippen molar-refractivity contribution in [2.75, 3.05) is 11.9 Å². The molecule has 0 bridgehead atoms. The zero-order valence-electron chi connectivity index (χ0n) is 13.0. The summed E-state index contributed by atoms with van der Waals surface area (Å²) in [6.07, 6.45) is 1.38. The van der Waals surface area contributed by atoms with Gasteiger partial charge in [-0.15, -0.1) is 0 Å². The summed E-state index contributed by atoms with van der Waals surface area (Å²) in [6, 6.07) is 11.4. The Bertz CT molecular complexity index is 934. The molecule has 0 unspecified atom stereocenters. The third-order valence-electron chi connectivity index (χ3n) is 3.49. The molecule has 0 atom stereocenters. The number of phenolic OH excluding ortho intramolecular Hbond substituents is 1. The number of furan rings is 1. The molecule has 0 fully saturated rings. The van der Waals surface area contributed by atoms with Gasteiger partial charge in [0.2, 0.25) is 0 Å². The number of anilines is 1. The number of fused-ring (bicyclic) bond motifs is 1. The molecule has 0 radical (unpaired) electrons. The molecule has 25 heavy (non-hydrogen) atoms. The highest BCUT2D eigenvalue weighted by atomic mass is 35.5. The van der Waals surface area contributed by atoms with Crippen molar-refractivity contribution in [3.8, 4) is 5.75 Å². The SMILES string of the molecule is O=C(COC(=O)Cc1coc2cc(O)ccc12)Nc1ccccc1Cl. The number of para-hydroxylation sites is 1. The minimum absolute atomic E-state index is 0.0445. The Balaban J connectivity index is 1.55. The molecule has 0 spiro atoms. The van der Waals surface area contributed by atoms with E-state index in [1.54, 1.807) is 30.3 Å². The Kier molecular flexibility index (Phi) is 4.90. The van der Waals surface area contributed by atoms with Crippen LogP contribution in [0.25, 0.3) is 11.0 Å². The quantitative estimate of drug-likeness (QED) is 0.680. The summed E-state index contributed by atoms with van der Waals surface area (Å²) in [5.74, 6) is -0.972. The maximum Gasteiger partial charge on any atom is 0.310 e. The zero-order chi connectivity index (χ0) is 17.8. The average Bonchev–Trinajstić information content (AvgIpc) is 2.97. The van der Waals surface area contributed by atoms with Crippen molar-refractivity contribution in [1.29, 1.82) is 0 Å². The molecule has 7 heteroatoms. The van der Waals surface area contributed by atoms with E-state index in [-0.39, 0.29) is 12.2 Å². The maximum atomic E-state index is 11.9. The largest absolute Gasteiger partial charge is 0.508 e. The fourth-order valence-electron chi connectivity index (χ4n) is 2.31. The standard InChI is InChI=1S/C18H14ClNO5/c19-14-3-1-2-4-15(14)20-17(22)10-25-18(23)7-11-9-24-16-8-12(21)5-6-13(11)16/h1-6,8-9,21H,7,10H2,(H,20,22). The number of rotatable bonds is 5. The van der Waals surface area contributed by atoms with Crippen LogP contribution < -0.4 is 5.32 Å². The molecule has 1 heterocycles. The van der Waals surface area contributed by atoms with Crippen LogP contribution in [0.15, 0.2) is 53.1 Å². The first kappa shape index (κ1) is 16.9. The summed E-state index contributed by atoms with van der Waals surface area (Å²) in [4.78, 5) is 23.8. The van der Waals surface area contributed by atoms with Gasteiger partial charge in [-0.2, -0.15) is 0 Å². The summed E-state index contributed by atoms with van der Waals surface area (Å²) < 4.78 is 10.3. The van der Waals surface area contributed by atoms with Crippen molar-refractivity contribution in [2.24, 2.45) is 0 Å². The number of amides is 1. The molecule has 0 aliphatic heterocycles. The lowest BCUT2D eigenvalue weighted by Crippen LogP contribution is -2.21. The van der Waals surface area contributed by atoms with Crippen LogP contribution in [0.3, 0.4) is 0 Å². The predicted molar refractivity (Wildman–Crippen MR) is 92.6 cm³/mol. The first-order chi connectivity index (χ1) is 12.0. The molecule has 0 saturated carbocycles. The van der Waals surface area contributed by atoms with Crippen molar-refractivity contribution in [3.63, 3.8) is 0 Å². The van der Waals surface area contributed by atoms with Crippen LogP contribution >= 0.6 is 11.6 Å². The predicted octanol–water partition coefficient (Wildman–Crippen LogP) is 3.52. The van der Waals surface area contributed by atoms with Crippen molar-refractivity contribution in [2.45, 2.75) is 6.42 Å². The summed E-state index contributed by atoms with van der Waals surface area (Å²) in [6.45, 7) is -0.416. The van der Waals surface area contributed by atoms with E-state index in [0.717, 1.165) is 0 Å². The number of carbonyl (C=O) groups is 2. The van der Waals surface area contributed by atoms with Gasteiger partial charge in [-0.25, -0.2) is 0 Å². The van der Waals surface area contributed by atoms with Crippen molar-refractivity contribution in [1.82, 2.24) is 0 Å². The first-order valence-electron chi connectivity index (χ1n) is 7.42. The van der Waals surface area contributed by atoms with Gasteiger partial charge in [0.1, 0.15) is 11.3 Å². The van der Waals surface area contributed by atoms with Gasteiger partial charge in [0, 0.05) is 17.0 Å². The zero-order valence-corrected chi connectivity index (χ0v) is 13.7. The van der Waals surface area contributed by atoms with E-state index in [1.807, 2.05) is 0 Å². The van der Waals surface area contributed by atoms with Crippen LogP contribution in [-0.2, 0) is 20.7 Å². The molecule has 2 aromatic carbocycles. The first-order valence-corrected chi connectivity index (χ1v) is 7.80. The Morgan fingerprint density at radius 2 is 2.00 bits per heavy atom. The van der Waals surface area contributed by atoms with Gasteiger partial charge in [-0.05, 0) is 24.3 Å². The van der Waals surface area contributed by atoms with Crippen LogP contribution in [0.4, 0.5) is 5.69 Å². The van der Waals surface area contributed by atoms with Crippen LogP contribution in [-0.4, -0.2) is 23.6 Å². The van der Waals surface area contributed by atoms with E-state index in [0.29, 0.717) is 27.2 Å². The van der Waals surface area contributed by atoms with Gasteiger partial charge in [-0.3, -0.25) is 9.59 Å². The third-order valence-corrected chi connectivity index (χ3v) is 3.82. The fourth-order valence-corrected chi connectivity index (χ4v) is 2.49. The number of benzene rings is 2. The van der Waals surface area contributed by atoms with E-state index in [2.05, 4.69) is 5.32 Å². The number of carbonyl (C=O) groups excluding carboxylic acids is 2. The van der Waals surface area contributed by atoms with Gasteiger partial charge < -0.3 is 19.6 Å². The molecule has 0 aliphatic rings. The van der Waals surface area contributed by atoms with Gasteiger partial charge in [-0.1, -0.05) is 23.7 Å². The molecule has 0 saturated heterocycles. The van der Waals surface area contributed by atoms with Crippen LogP contribution in [0, 0.1) is 0 Å². The Morgan fingerprint density at radius 3 is 2.80 bits per heavy atom. The summed E-state index contributed by atoms with van der Waals surface area (Å²) in [7, 11) is 0. The highest BCUT2D eigenvalue weighted by Gasteiger charge is 2.14. The van der Waals surface area contributed by atoms with Crippen molar-refractivity contribution >= 4 is 40.1 Å². The molecule has 3 aromatic rings.